The van der Waals surface area contributed by atoms with Gasteiger partial charge in [-0.1, -0.05) is 72.8 Å². The van der Waals surface area contributed by atoms with Crippen molar-refractivity contribution in [3.05, 3.63) is 102 Å². The van der Waals surface area contributed by atoms with Gasteiger partial charge >= 0.3 is 49.8 Å². The van der Waals surface area contributed by atoms with Gasteiger partial charge < -0.3 is 55.6 Å². The van der Waals surface area contributed by atoms with Crippen LogP contribution in [0.1, 0.15) is 36.6 Å². The Bertz CT molecular complexity index is 1810. The van der Waals surface area contributed by atoms with E-state index in [0.717, 1.165) is 5.56 Å². The van der Waals surface area contributed by atoms with Gasteiger partial charge in [0.2, 0.25) is 11.8 Å². The van der Waals surface area contributed by atoms with E-state index >= 15 is 0 Å². The van der Waals surface area contributed by atoms with Crippen LogP contribution in [0.25, 0.3) is 0 Å². The molecule has 0 aromatic heterocycles. The third kappa shape index (κ3) is 12.4. The van der Waals surface area contributed by atoms with E-state index in [4.69, 9.17) is 10.5 Å². The van der Waals surface area contributed by atoms with Crippen LogP contribution in [-0.2, 0) is 41.5 Å². The minimum atomic E-state index is -4.42. The number of benzene rings is 3. The maximum absolute atomic E-state index is 12.3. The number of amides is 3. The molecule has 0 aliphatic carbocycles. The summed E-state index contributed by atoms with van der Waals surface area (Å²) in [6.45, 7) is 3.52. The molecule has 5 rings (SSSR count). The summed E-state index contributed by atoms with van der Waals surface area (Å²) in [7, 11) is -4.42. The largest absolute Gasteiger partial charge is 1.00 e. The number of alkyl carbamates (subject to hydrolysis) is 1. The quantitative estimate of drug-likeness (QED) is 0.0538. The number of nitrogens with two attached hydrogens (primary N) is 1. The Morgan fingerprint density at radius 3 is 2.07 bits per heavy atom. The number of carbonyl (C=O) groups excluding carboxylic acids is 4. The minimum Gasteiger partial charge on any atom is -0.787 e. The van der Waals surface area contributed by atoms with Crippen molar-refractivity contribution in [2.45, 2.75) is 61.2 Å². The molecule has 6 atom stereocenters. The first-order valence-electron chi connectivity index (χ1n) is 15.8. The molecule has 0 radical (unpaired) electrons. The van der Waals surface area contributed by atoms with Crippen LogP contribution in [0.5, 0.6) is 5.75 Å². The van der Waals surface area contributed by atoms with Crippen molar-refractivity contribution in [1.29, 1.82) is 0 Å². The molecule has 278 valence electrons. The third-order valence-corrected chi connectivity index (χ3v) is 10.9. The number of carbonyl (C=O) groups is 5. The van der Waals surface area contributed by atoms with Gasteiger partial charge in [0.05, 0.1) is 25.8 Å². The number of hydrogen-bond donors (Lipinski definition) is 6. The number of nitrogens with zero attached hydrogens (tertiary/aromatic N) is 1. The molecule has 3 amide bonds. The number of aromatic hydroxyl groups is 1. The average Bonchev–Trinajstić information content (AvgIpc) is 3.37. The molecule has 2 aliphatic rings. The van der Waals surface area contributed by atoms with Crippen LogP contribution in [0.3, 0.4) is 0 Å². The van der Waals surface area contributed by atoms with Crippen LogP contribution < -0.4 is 69.2 Å². The predicted molar refractivity (Wildman–Crippen MR) is 185 cm³/mol. The molecule has 0 spiro atoms. The van der Waals surface area contributed by atoms with Crippen LogP contribution in [0.15, 0.2) is 84.9 Å². The Labute approximate surface area is 339 Å². The second-order valence-electron chi connectivity index (χ2n) is 12.4. The molecule has 2 saturated heterocycles. The number of rotatable bonds is 13. The van der Waals surface area contributed by atoms with E-state index in [1.807, 2.05) is 11.2 Å². The summed E-state index contributed by atoms with van der Waals surface area (Å²) in [6.07, 6.45) is -1.79. The van der Waals surface area contributed by atoms with Gasteiger partial charge in [-0.15, -0.1) is 11.8 Å². The average molecular weight is 770 g/mol. The van der Waals surface area contributed by atoms with Gasteiger partial charge in [0, 0.05) is 4.75 Å². The Morgan fingerprint density at radius 2 is 1.54 bits per heavy atom. The molecule has 3 aromatic rings. The minimum absolute atomic E-state index is 0. The van der Waals surface area contributed by atoms with E-state index in [1.165, 1.54) is 40.9 Å². The van der Waals surface area contributed by atoms with Crippen molar-refractivity contribution in [1.82, 2.24) is 20.6 Å². The summed E-state index contributed by atoms with van der Waals surface area (Å²) in [4.78, 5) is 72.4. The van der Waals surface area contributed by atoms with Crippen molar-refractivity contribution in [2.24, 2.45) is 5.73 Å². The number of β-lactam (4-membered cyclic amide) rings is 1. The van der Waals surface area contributed by atoms with Gasteiger partial charge in [0.1, 0.15) is 35.9 Å². The third-order valence-electron chi connectivity index (χ3n) is 8.07. The SMILES string of the molecule is CC1(C)S[C@@H]2[C@H](NC(=O)C(N)c3ccc(O)cc3)C(=O)N2[C@H]1C(=O)O.O=C(NCP(=O)([O-])N[C@@H](Cc1ccccc1)C(=O)[O-])OCc1ccccc1.[Li+].[Li+]. The number of carboxylic acids is 2. The van der Waals surface area contributed by atoms with E-state index in [2.05, 4.69) is 10.6 Å². The Kier molecular flexibility index (Phi) is 17.4. The molecule has 2 heterocycles. The number of carboxylic acid groups (broad SMARTS) is 2. The smallest absolute Gasteiger partial charge is 0.787 e. The number of phenolic OH excluding ortho intramolecular Hbond substituents is 1. The van der Waals surface area contributed by atoms with E-state index in [-0.39, 0.29) is 56.5 Å². The molecule has 20 heteroatoms. The standard InChI is InChI=1S/C18H21N2O6P.C16H19N3O5S.2Li/c21-17(22)16(11-14-7-3-1-4-8-14)20-27(24,25)13-19-18(23)26-12-15-9-5-2-6-10-15;1-16(2)11(15(23)24)19-13(22)10(14(19)25-16)18-12(21)9(17)7-3-5-8(20)6-4-7;;/h1-10,16H,11-13H2,(H,19,23)(H,21,22)(H2,20,24,25);3-6,9-11,14,20H,17H2,1-2H3,(H,18,21)(H,23,24);;/q;;2*+1/p-2/t16-;9?,10-,11+,14-;;/m01../s1. The van der Waals surface area contributed by atoms with Gasteiger partial charge in [0.15, 0.2) is 0 Å². The zero-order valence-corrected chi connectivity index (χ0v) is 31.8. The van der Waals surface area contributed by atoms with Crippen LogP contribution in [0.4, 0.5) is 4.79 Å². The molecule has 54 heavy (non-hydrogen) atoms. The topological polar surface area (TPSA) is 264 Å². The number of hydrogen-bond acceptors (Lipinski definition) is 12. The molecule has 0 bridgehead atoms. The fraction of sp³-hybridized carbons (Fsp3) is 0.324. The van der Waals surface area contributed by atoms with Crippen LogP contribution in [0.2, 0.25) is 0 Å². The van der Waals surface area contributed by atoms with Crippen LogP contribution >= 0.6 is 19.3 Å². The van der Waals surface area contributed by atoms with E-state index in [1.54, 1.807) is 68.4 Å². The van der Waals surface area contributed by atoms with Gasteiger partial charge in [0.25, 0.3) is 0 Å². The van der Waals surface area contributed by atoms with Gasteiger partial charge in [-0.3, -0.25) is 14.7 Å². The number of ether oxygens (including phenoxy) is 1. The summed E-state index contributed by atoms with van der Waals surface area (Å²) in [5, 5.41) is 36.2. The fourth-order valence-corrected chi connectivity index (χ4v) is 8.20. The van der Waals surface area contributed by atoms with Crippen LogP contribution in [-0.4, -0.2) is 79.5 Å². The maximum Gasteiger partial charge on any atom is 1.00 e. The van der Waals surface area contributed by atoms with E-state index in [0.29, 0.717) is 11.1 Å². The molecular weight excluding hydrogens is 731 g/mol. The Hall–Kier alpha value is -3.74. The monoisotopic (exact) mass is 769 g/mol. The van der Waals surface area contributed by atoms with Gasteiger partial charge in [-0.25, -0.2) is 9.59 Å². The first-order valence-corrected chi connectivity index (χ1v) is 18.5. The molecule has 2 unspecified atom stereocenters. The number of phenols is 1. The fourth-order valence-electron chi connectivity index (χ4n) is 5.48. The molecule has 7 N–H and O–H groups in total. The molecular formula is C34H38Li2N5O11PS. The summed E-state index contributed by atoms with van der Waals surface area (Å²) in [5.41, 5.74) is 7.79. The van der Waals surface area contributed by atoms with E-state index < -0.39 is 77.9 Å². The number of fused-ring (bicyclic) bond motifs is 1. The second kappa shape index (κ2) is 20.3. The van der Waals surface area contributed by atoms with Crippen molar-refractivity contribution < 1.29 is 91.2 Å². The summed E-state index contributed by atoms with van der Waals surface area (Å²) in [6, 6.07) is 19.2. The summed E-state index contributed by atoms with van der Waals surface area (Å²) >= 11 is 1.35. The Morgan fingerprint density at radius 1 is 0.981 bits per heavy atom. The van der Waals surface area contributed by atoms with Crippen molar-refractivity contribution >= 4 is 49.1 Å². The molecule has 2 aliphatic heterocycles. The Balaban J connectivity index is 0.000000361. The van der Waals surface area contributed by atoms with Crippen molar-refractivity contribution in [3.63, 3.8) is 0 Å². The first-order chi connectivity index (χ1) is 24.5. The first kappa shape index (κ1) is 46.4. The molecule has 0 saturated carbocycles. The van der Waals surface area contributed by atoms with Crippen LogP contribution in [0, 0.1) is 0 Å². The number of thioether (sulfide) groups is 1. The van der Waals surface area contributed by atoms with Gasteiger partial charge in [-0.05, 0) is 49.1 Å². The molecule has 3 aromatic carbocycles. The van der Waals surface area contributed by atoms with Crippen molar-refractivity contribution in [3.8, 4) is 5.75 Å². The zero-order valence-electron chi connectivity index (χ0n) is 30.0. The normalized spacial score (nSPS) is 20.0. The molecule has 16 nitrogen and oxygen atoms in total. The summed E-state index contributed by atoms with van der Waals surface area (Å²) in [5.74, 6) is -3.49. The zero-order chi connectivity index (χ0) is 38.2. The number of nitrogens with one attached hydrogen (secondary N) is 3. The second-order valence-corrected chi connectivity index (χ2v) is 16.1. The summed E-state index contributed by atoms with van der Waals surface area (Å²) < 4.78 is 16.3. The molecule has 2 fully saturated rings. The van der Waals surface area contributed by atoms with Gasteiger partial charge in [-0.2, -0.15) is 0 Å². The number of aliphatic carboxylic acids is 2. The maximum atomic E-state index is 12.3. The predicted octanol–water partition coefficient (Wildman–Crippen LogP) is -5.59. The van der Waals surface area contributed by atoms with Crippen molar-refractivity contribution in [2.75, 3.05) is 6.29 Å². The van der Waals surface area contributed by atoms with E-state index in [9.17, 15) is 48.8 Å².